The van der Waals surface area contributed by atoms with Crippen molar-refractivity contribution >= 4 is 16.7 Å². The fourth-order valence-corrected chi connectivity index (χ4v) is 1.19. The van der Waals surface area contributed by atoms with E-state index in [-0.39, 0.29) is 0 Å². The third kappa shape index (κ3) is 1.99. The highest BCUT2D eigenvalue weighted by molar-refractivity contribution is 5.87. The van der Waals surface area contributed by atoms with Gasteiger partial charge in [0.15, 0.2) is 0 Å². The van der Waals surface area contributed by atoms with E-state index in [9.17, 15) is 0 Å². The van der Waals surface area contributed by atoms with Crippen molar-refractivity contribution in [1.82, 2.24) is 9.97 Å². The summed E-state index contributed by atoms with van der Waals surface area (Å²) in [7, 11) is 0. The molecule has 3 nitrogen and oxygen atoms in total. The Bertz CT molecular complexity index is 424. The van der Waals surface area contributed by atoms with Crippen LogP contribution in [0, 0.1) is 6.92 Å². The summed E-state index contributed by atoms with van der Waals surface area (Å²) in [5, 5.41) is 0.920. The minimum Gasteiger partial charge on any atom is -0.383 e. The Balaban J connectivity index is 0.000000461. The summed E-state index contributed by atoms with van der Waals surface area (Å²) in [5.41, 5.74) is 7.74. The summed E-state index contributed by atoms with van der Waals surface area (Å²) in [6.07, 6.45) is 1.48. The van der Waals surface area contributed by atoms with Crippen LogP contribution in [0.15, 0.2) is 24.5 Å². The van der Waals surface area contributed by atoms with Crippen LogP contribution in [0.1, 0.15) is 19.4 Å². The second-order valence-electron chi connectivity index (χ2n) is 2.78. The topological polar surface area (TPSA) is 51.8 Å². The minimum atomic E-state index is 0.542. The second-order valence-corrected chi connectivity index (χ2v) is 2.78. The van der Waals surface area contributed by atoms with Gasteiger partial charge < -0.3 is 5.73 Å². The first-order valence-electron chi connectivity index (χ1n) is 4.74. The van der Waals surface area contributed by atoms with Crippen LogP contribution in [0.5, 0.6) is 0 Å². The summed E-state index contributed by atoms with van der Waals surface area (Å²) >= 11 is 0. The molecule has 0 aliphatic heterocycles. The van der Waals surface area contributed by atoms with E-state index >= 15 is 0 Å². The van der Waals surface area contributed by atoms with Gasteiger partial charge in [-0.3, -0.25) is 0 Å². The first-order chi connectivity index (χ1) is 6.77. The van der Waals surface area contributed by atoms with Crippen molar-refractivity contribution < 1.29 is 0 Å². The SMILES string of the molecule is CC.Cc1ccc2c(N)ncnc2c1. The molecule has 2 aromatic rings. The number of benzene rings is 1. The van der Waals surface area contributed by atoms with E-state index in [0.717, 1.165) is 10.9 Å². The number of aromatic nitrogens is 2. The van der Waals surface area contributed by atoms with Gasteiger partial charge in [-0.25, -0.2) is 9.97 Å². The lowest BCUT2D eigenvalue weighted by Crippen LogP contribution is -1.92. The molecule has 3 heteroatoms. The summed E-state index contributed by atoms with van der Waals surface area (Å²) < 4.78 is 0. The molecule has 2 N–H and O–H groups in total. The van der Waals surface area contributed by atoms with Crippen LogP contribution in [0.4, 0.5) is 5.82 Å². The highest BCUT2D eigenvalue weighted by atomic mass is 14.9. The molecule has 0 atom stereocenters. The Morgan fingerprint density at radius 2 is 1.86 bits per heavy atom. The Hall–Kier alpha value is -1.64. The van der Waals surface area contributed by atoms with Crippen LogP contribution in [0.2, 0.25) is 0 Å². The van der Waals surface area contributed by atoms with E-state index in [1.54, 1.807) is 0 Å². The van der Waals surface area contributed by atoms with Crippen molar-refractivity contribution in [3.8, 4) is 0 Å². The molecular formula is C11H15N3. The van der Waals surface area contributed by atoms with E-state index in [1.165, 1.54) is 11.9 Å². The molecule has 2 rings (SSSR count). The number of hydrogen-bond donors (Lipinski definition) is 1. The molecule has 0 amide bonds. The lowest BCUT2D eigenvalue weighted by Gasteiger charge is -1.99. The zero-order valence-corrected chi connectivity index (χ0v) is 8.78. The number of hydrogen-bond acceptors (Lipinski definition) is 3. The van der Waals surface area contributed by atoms with Gasteiger partial charge in [0.1, 0.15) is 12.1 Å². The van der Waals surface area contributed by atoms with Gasteiger partial charge in [0, 0.05) is 5.39 Å². The van der Waals surface area contributed by atoms with Gasteiger partial charge in [-0.2, -0.15) is 0 Å². The number of anilines is 1. The number of nitrogen functional groups attached to an aromatic ring is 1. The van der Waals surface area contributed by atoms with Gasteiger partial charge in [-0.1, -0.05) is 19.9 Å². The van der Waals surface area contributed by atoms with Crippen molar-refractivity contribution in [2.45, 2.75) is 20.8 Å². The van der Waals surface area contributed by atoms with E-state index in [2.05, 4.69) is 9.97 Å². The average Bonchev–Trinajstić information content (AvgIpc) is 2.21. The van der Waals surface area contributed by atoms with Gasteiger partial charge in [-0.15, -0.1) is 0 Å². The second kappa shape index (κ2) is 4.56. The lowest BCUT2D eigenvalue weighted by molar-refractivity contribution is 1.23. The number of aryl methyl sites for hydroxylation is 1. The van der Waals surface area contributed by atoms with Gasteiger partial charge in [0.2, 0.25) is 0 Å². The van der Waals surface area contributed by atoms with Gasteiger partial charge in [0.25, 0.3) is 0 Å². The van der Waals surface area contributed by atoms with Crippen LogP contribution in [0.25, 0.3) is 10.9 Å². The maximum Gasteiger partial charge on any atom is 0.134 e. The number of fused-ring (bicyclic) bond motifs is 1. The van der Waals surface area contributed by atoms with Gasteiger partial charge in [0.05, 0.1) is 5.52 Å². The highest BCUT2D eigenvalue weighted by Crippen LogP contribution is 2.16. The fourth-order valence-electron chi connectivity index (χ4n) is 1.19. The van der Waals surface area contributed by atoms with Crippen LogP contribution in [-0.4, -0.2) is 9.97 Å². The number of rotatable bonds is 0. The van der Waals surface area contributed by atoms with E-state index in [1.807, 2.05) is 39.0 Å². The average molecular weight is 189 g/mol. The van der Waals surface area contributed by atoms with E-state index < -0.39 is 0 Å². The molecule has 1 heterocycles. The summed E-state index contributed by atoms with van der Waals surface area (Å²) in [4.78, 5) is 8.02. The molecule has 0 bridgehead atoms. The van der Waals surface area contributed by atoms with Crippen molar-refractivity contribution in [2.75, 3.05) is 5.73 Å². The maximum absolute atomic E-state index is 5.66. The number of nitrogens with two attached hydrogens (primary N) is 1. The van der Waals surface area contributed by atoms with Crippen molar-refractivity contribution in [2.24, 2.45) is 0 Å². The molecule has 0 aliphatic carbocycles. The molecule has 1 aromatic carbocycles. The highest BCUT2D eigenvalue weighted by Gasteiger charge is 1.98. The van der Waals surface area contributed by atoms with Crippen LogP contribution in [0.3, 0.4) is 0 Å². The van der Waals surface area contributed by atoms with Gasteiger partial charge >= 0.3 is 0 Å². The first-order valence-corrected chi connectivity index (χ1v) is 4.74. The monoisotopic (exact) mass is 189 g/mol. The van der Waals surface area contributed by atoms with Crippen LogP contribution < -0.4 is 5.73 Å². The largest absolute Gasteiger partial charge is 0.383 e. The zero-order valence-electron chi connectivity index (χ0n) is 8.78. The Kier molecular flexibility index (Phi) is 3.40. The zero-order chi connectivity index (χ0) is 10.6. The number of nitrogens with zero attached hydrogens (tertiary/aromatic N) is 2. The molecule has 0 unspecified atom stereocenters. The molecule has 74 valence electrons. The molecule has 0 saturated heterocycles. The molecule has 0 fully saturated rings. The van der Waals surface area contributed by atoms with Crippen molar-refractivity contribution in [3.05, 3.63) is 30.1 Å². The normalized spacial score (nSPS) is 9.36. The smallest absolute Gasteiger partial charge is 0.134 e. The third-order valence-corrected chi connectivity index (χ3v) is 1.82. The van der Waals surface area contributed by atoms with Gasteiger partial charge in [-0.05, 0) is 24.6 Å². The van der Waals surface area contributed by atoms with E-state index in [4.69, 9.17) is 5.73 Å². The molecule has 14 heavy (non-hydrogen) atoms. The summed E-state index contributed by atoms with van der Waals surface area (Å²) in [6, 6.07) is 5.94. The molecule has 0 radical (unpaired) electrons. The third-order valence-electron chi connectivity index (χ3n) is 1.82. The predicted molar refractivity (Wildman–Crippen MR) is 60.0 cm³/mol. The fraction of sp³-hybridized carbons (Fsp3) is 0.273. The maximum atomic E-state index is 5.66. The summed E-state index contributed by atoms with van der Waals surface area (Å²) in [6.45, 7) is 6.03. The Morgan fingerprint density at radius 1 is 1.14 bits per heavy atom. The molecule has 0 aliphatic rings. The van der Waals surface area contributed by atoms with E-state index in [0.29, 0.717) is 5.82 Å². The Labute approximate surface area is 84.0 Å². The van der Waals surface area contributed by atoms with Crippen LogP contribution in [-0.2, 0) is 0 Å². The van der Waals surface area contributed by atoms with Crippen molar-refractivity contribution in [1.29, 1.82) is 0 Å². The standard InChI is InChI=1S/C9H9N3.C2H6/c1-6-2-3-7-8(4-6)11-5-12-9(7)10;1-2/h2-5H,1H3,(H2,10,11,12);1-2H3. The predicted octanol–water partition coefficient (Wildman–Crippen LogP) is 2.55. The molecule has 1 aromatic heterocycles. The molecule has 0 spiro atoms. The van der Waals surface area contributed by atoms with Crippen LogP contribution >= 0.6 is 0 Å². The quantitative estimate of drug-likeness (QED) is 0.692. The molecule has 0 saturated carbocycles. The van der Waals surface area contributed by atoms with Crippen molar-refractivity contribution in [3.63, 3.8) is 0 Å². The Morgan fingerprint density at radius 3 is 2.57 bits per heavy atom. The minimum absolute atomic E-state index is 0.542. The first kappa shape index (κ1) is 10.4. The molecular weight excluding hydrogens is 174 g/mol. The summed E-state index contributed by atoms with van der Waals surface area (Å²) in [5.74, 6) is 0.542. The lowest BCUT2D eigenvalue weighted by atomic mass is 10.2.